The SMILES string of the molecule is CSc1nc(C)cc(N2CCC(CN(C)C(=O)c3cn(C)cn3)CC2)n1. The van der Waals surface area contributed by atoms with Gasteiger partial charge >= 0.3 is 0 Å². The molecule has 26 heavy (non-hydrogen) atoms. The first-order valence-corrected chi connectivity index (χ1v) is 10.1. The van der Waals surface area contributed by atoms with Gasteiger partial charge in [-0.2, -0.15) is 0 Å². The Hall–Kier alpha value is -2.09. The van der Waals surface area contributed by atoms with Crippen molar-refractivity contribution >= 4 is 23.5 Å². The Morgan fingerprint density at radius 2 is 2.08 bits per heavy atom. The number of nitrogens with zero attached hydrogens (tertiary/aromatic N) is 6. The van der Waals surface area contributed by atoms with E-state index in [0.29, 0.717) is 11.6 Å². The van der Waals surface area contributed by atoms with Gasteiger partial charge in [-0.3, -0.25) is 4.79 Å². The molecule has 3 heterocycles. The van der Waals surface area contributed by atoms with Gasteiger partial charge in [0, 0.05) is 51.7 Å². The van der Waals surface area contributed by atoms with Crippen molar-refractivity contribution in [2.24, 2.45) is 13.0 Å². The molecule has 1 aliphatic rings. The van der Waals surface area contributed by atoms with Crippen molar-refractivity contribution in [1.82, 2.24) is 24.4 Å². The van der Waals surface area contributed by atoms with E-state index in [1.165, 1.54) is 0 Å². The molecule has 1 saturated heterocycles. The summed E-state index contributed by atoms with van der Waals surface area (Å²) in [7, 11) is 3.73. The van der Waals surface area contributed by atoms with Crippen LogP contribution >= 0.6 is 11.8 Å². The minimum absolute atomic E-state index is 0.0101. The lowest BCUT2D eigenvalue weighted by molar-refractivity contribution is 0.0759. The van der Waals surface area contributed by atoms with E-state index in [4.69, 9.17) is 0 Å². The van der Waals surface area contributed by atoms with Gasteiger partial charge in [-0.15, -0.1) is 0 Å². The van der Waals surface area contributed by atoms with Crippen molar-refractivity contribution < 1.29 is 4.79 Å². The molecule has 1 fully saturated rings. The number of carbonyl (C=O) groups excluding carboxylic acids is 1. The maximum atomic E-state index is 12.4. The predicted octanol–water partition coefficient (Wildman–Crippen LogP) is 2.23. The van der Waals surface area contributed by atoms with E-state index in [-0.39, 0.29) is 5.91 Å². The summed E-state index contributed by atoms with van der Waals surface area (Å²) < 4.78 is 1.80. The van der Waals surface area contributed by atoms with E-state index in [1.807, 2.05) is 27.3 Å². The van der Waals surface area contributed by atoms with Gasteiger partial charge in [-0.1, -0.05) is 11.8 Å². The van der Waals surface area contributed by atoms with Crippen LogP contribution in [0.25, 0.3) is 0 Å². The average molecular weight is 375 g/mol. The van der Waals surface area contributed by atoms with E-state index in [1.54, 1.807) is 33.8 Å². The minimum atomic E-state index is -0.0101. The number of carbonyl (C=O) groups is 1. The molecule has 0 saturated carbocycles. The second kappa shape index (κ2) is 8.07. The van der Waals surface area contributed by atoms with Crippen molar-refractivity contribution in [3.63, 3.8) is 0 Å². The zero-order valence-electron chi connectivity index (χ0n) is 15.8. The molecule has 1 aliphatic heterocycles. The second-order valence-corrected chi connectivity index (χ2v) is 7.67. The first-order valence-electron chi connectivity index (χ1n) is 8.84. The van der Waals surface area contributed by atoms with E-state index in [9.17, 15) is 4.79 Å². The number of piperidine rings is 1. The molecule has 1 amide bonds. The second-order valence-electron chi connectivity index (χ2n) is 6.89. The fraction of sp³-hybridized carbons (Fsp3) is 0.556. The maximum absolute atomic E-state index is 12.4. The molecule has 0 aromatic carbocycles. The Morgan fingerprint density at radius 1 is 1.35 bits per heavy atom. The number of aromatic nitrogens is 4. The summed E-state index contributed by atoms with van der Waals surface area (Å²) in [6.45, 7) is 4.69. The third kappa shape index (κ3) is 4.35. The van der Waals surface area contributed by atoms with Crippen molar-refractivity contribution in [2.75, 3.05) is 37.8 Å². The Kier molecular flexibility index (Phi) is 5.80. The largest absolute Gasteiger partial charge is 0.356 e. The highest BCUT2D eigenvalue weighted by Gasteiger charge is 2.24. The normalized spacial score (nSPS) is 15.3. The monoisotopic (exact) mass is 374 g/mol. The Balaban J connectivity index is 1.55. The van der Waals surface area contributed by atoms with E-state index in [2.05, 4.69) is 25.9 Å². The standard InChI is InChI=1S/C18H26N6OS/c1-13-9-16(21-18(20-13)26-4)24-7-5-14(6-8-24)10-23(3)17(25)15-11-22(2)12-19-15/h9,11-12,14H,5-8,10H2,1-4H3. The molecule has 140 valence electrons. The number of imidazole rings is 1. The van der Waals surface area contributed by atoms with Crippen LogP contribution in [0.5, 0.6) is 0 Å². The van der Waals surface area contributed by atoms with Crippen molar-refractivity contribution in [2.45, 2.75) is 24.9 Å². The van der Waals surface area contributed by atoms with Crippen LogP contribution in [0.4, 0.5) is 5.82 Å². The van der Waals surface area contributed by atoms with Gasteiger partial charge in [0.2, 0.25) is 0 Å². The summed E-state index contributed by atoms with van der Waals surface area (Å²) in [4.78, 5) is 29.8. The Morgan fingerprint density at radius 3 is 2.69 bits per heavy atom. The highest BCUT2D eigenvalue weighted by Crippen LogP contribution is 2.24. The van der Waals surface area contributed by atoms with E-state index < -0.39 is 0 Å². The number of rotatable bonds is 5. The maximum Gasteiger partial charge on any atom is 0.273 e. The average Bonchev–Trinajstić information content (AvgIpc) is 3.07. The number of aryl methyl sites for hydroxylation is 2. The lowest BCUT2D eigenvalue weighted by atomic mass is 9.96. The summed E-state index contributed by atoms with van der Waals surface area (Å²) in [5.74, 6) is 1.51. The van der Waals surface area contributed by atoms with Crippen LogP contribution in [0.2, 0.25) is 0 Å². The van der Waals surface area contributed by atoms with Crippen LogP contribution in [0, 0.1) is 12.8 Å². The van der Waals surface area contributed by atoms with Crippen molar-refractivity contribution in [1.29, 1.82) is 0 Å². The Labute approximate surface area is 158 Å². The summed E-state index contributed by atoms with van der Waals surface area (Å²) in [6.07, 6.45) is 7.53. The number of anilines is 1. The molecule has 7 nitrogen and oxygen atoms in total. The molecule has 2 aromatic rings. The van der Waals surface area contributed by atoms with Crippen LogP contribution in [0.3, 0.4) is 0 Å². The molecule has 0 spiro atoms. The van der Waals surface area contributed by atoms with Gasteiger partial charge in [0.25, 0.3) is 5.91 Å². The molecule has 0 bridgehead atoms. The summed E-state index contributed by atoms with van der Waals surface area (Å²) in [5, 5.41) is 0.822. The molecule has 2 aromatic heterocycles. The van der Waals surface area contributed by atoms with Crippen LogP contribution in [0.15, 0.2) is 23.7 Å². The number of hydrogen-bond acceptors (Lipinski definition) is 6. The van der Waals surface area contributed by atoms with Crippen molar-refractivity contribution in [3.8, 4) is 0 Å². The van der Waals surface area contributed by atoms with Crippen LogP contribution in [-0.4, -0.2) is 63.3 Å². The van der Waals surface area contributed by atoms with Gasteiger partial charge in [0.15, 0.2) is 5.16 Å². The molecular weight excluding hydrogens is 348 g/mol. The topological polar surface area (TPSA) is 67.2 Å². The zero-order chi connectivity index (χ0) is 18.7. The lowest BCUT2D eigenvalue weighted by Crippen LogP contribution is -2.40. The molecule has 0 atom stereocenters. The molecule has 0 radical (unpaired) electrons. The fourth-order valence-electron chi connectivity index (χ4n) is 3.31. The van der Waals surface area contributed by atoms with Crippen LogP contribution in [-0.2, 0) is 7.05 Å². The van der Waals surface area contributed by atoms with E-state index >= 15 is 0 Å². The van der Waals surface area contributed by atoms with Gasteiger partial charge < -0.3 is 14.4 Å². The molecule has 3 rings (SSSR count). The highest BCUT2D eigenvalue weighted by atomic mass is 32.2. The van der Waals surface area contributed by atoms with Crippen molar-refractivity contribution in [3.05, 3.63) is 30.0 Å². The zero-order valence-corrected chi connectivity index (χ0v) is 16.7. The van der Waals surface area contributed by atoms with Gasteiger partial charge in [-0.05, 0) is 31.9 Å². The van der Waals surface area contributed by atoms with Crippen LogP contribution in [0.1, 0.15) is 29.0 Å². The lowest BCUT2D eigenvalue weighted by Gasteiger charge is -2.34. The highest BCUT2D eigenvalue weighted by molar-refractivity contribution is 7.98. The quantitative estimate of drug-likeness (QED) is 0.591. The van der Waals surface area contributed by atoms with Gasteiger partial charge in [0.05, 0.1) is 6.33 Å². The number of hydrogen-bond donors (Lipinski definition) is 0. The molecule has 0 unspecified atom stereocenters. The third-order valence-electron chi connectivity index (χ3n) is 4.74. The summed E-state index contributed by atoms with van der Waals surface area (Å²) in [6, 6.07) is 2.05. The Bertz CT molecular complexity index is 769. The third-order valence-corrected chi connectivity index (χ3v) is 5.29. The van der Waals surface area contributed by atoms with E-state index in [0.717, 1.165) is 49.1 Å². The van der Waals surface area contributed by atoms with Crippen LogP contribution < -0.4 is 4.90 Å². The summed E-state index contributed by atoms with van der Waals surface area (Å²) in [5.41, 5.74) is 1.51. The first kappa shape index (κ1) is 18.7. The molecule has 0 N–H and O–H groups in total. The minimum Gasteiger partial charge on any atom is -0.356 e. The first-order chi connectivity index (χ1) is 12.5. The fourth-order valence-corrected chi connectivity index (χ4v) is 3.73. The predicted molar refractivity (Wildman–Crippen MR) is 104 cm³/mol. The smallest absolute Gasteiger partial charge is 0.273 e. The number of amides is 1. The van der Waals surface area contributed by atoms with Gasteiger partial charge in [-0.25, -0.2) is 15.0 Å². The number of thioether (sulfide) groups is 1. The molecule has 0 aliphatic carbocycles. The summed E-state index contributed by atoms with van der Waals surface area (Å²) >= 11 is 1.57. The molecular formula is C18H26N6OS. The van der Waals surface area contributed by atoms with Gasteiger partial charge in [0.1, 0.15) is 11.5 Å². The molecule has 8 heteroatoms.